The third kappa shape index (κ3) is 5.43. The van der Waals surface area contributed by atoms with Gasteiger partial charge in [0.25, 0.3) is 0 Å². The Morgan fingerprint density at radius 1 is 0.308 bits per heavy atom. The molecule has 0 saturated carbocycles. The predicted molar refractivity (Wildman–Crippen MR) is 273 cm³/mol. The van der Waals surface area contributed by atoms with Crippen molar-refractivity contribution >= 4 is 82.4 Å². The number of hydrogen-bond donors (Lipinski definition) is 0. The zero-order chi connectivity index (χ0) is 42.6. The normalized spacial score (nSPS) is 12.0. The summed E-state index contributed by atoms with van der Waals surface area (Å²) in [4.78, 5) is 2.40. The van der Waals surface area contributed by atoms with Gasteiger partial charge in [0, 0.05) is 44.3 Å². The molecule has 0 fully saturated rings. The minimum absolute atomic E-state index is 0.882. The zero-order valence-electron chi connectivity index (χ0n) is 35.2. The molecule has 65 heavy (non-hydrogen) atoms. The summed E-state index contributed by atoms with van der Waals surface area (Å²) in [5.74, 6) is 0. The first-order valence-electron chi connectivity index (χ1n) is 22.3. The molecule has 2 heterocycles. The van der Waals surface area contributed by atoms with E-state index in [0.29, 0.717) is 0 Å². The average molecular weight is 827 g/mol. The number of aromatic nitrogens is 1. The van der Waals surface area contributed by atoms with Crippen molar-refractivity contribution in [1.82, 2.24) is 4.57 Å². The summed E-state index contributed by atoms with van der Waals surface area (Å²) in [6, 6.07) is 84.1. The third-order valence-corrected chi connectivity index (χ3v) is 13.7. The fourth-order valence-electron chi connectivity index (χ4n) is 10.8. The summed E-state index contributed by atoms with van der Waals surface area (Å²) in [5.41, 5.74) is 18.4. The first kappa shape index (κ1) is 35.9. The third-order valence-electron chi connectivity index (χ3n) is 13.7. The molecule has 2 aromatic heterocycles. The monoisotopic (exact) mass is 826 g/mol. The Bertz CT molecular complexity index is 4060. The van der Waals surface area contributed by atoms with E-state index in [2.05, 4.69) is 228 Å². The van der Waals surface area contributed by atoms with E-state index in [-0.39, 0.29) is 0 Å². The van der Waals surface area contributed by atoms with Gasteiger partial charge >= 0.3 is 0 Å². The number of nitrogens with zero attached hydrogens (tertiary/aromatic N) is 2. The van der Waals surface area contributed by atoms with Crippen LogP contribution in [0, 0.1) is 0 Å². The van der Waals surface area contributed by atoms with Gasteiger partial charge in [0.05, 0.1) is 11.0 Å². The Labute approximate surface area is 375 Å². The van der Waals surface area contributed by atoms with Gasteiger partial charge in [-0.2, -0.15) is 0 Å². The molecule has 0 aliphatic heterocycles. The lowest BCUT2D eigenvalue weighted by Gasteiger charge is -2.27. The van der Waals surface area contributed by atoms with Crippen LogP contribution in [0.15, 0.2) is 235 Å². The van der Waals surface area contributed by atoms with E-state index in [4.69, 9.17) is 4.42 Å². The Balaban J connectivity index is 0.942. The van der Waals surface area contributed by atoms with Crippen molar-refractivity contribution in [3.8, 4) is 50.2 Å². The van der Waals surface area contributed by atoms with Gasteiger partial charge in [-0.05, 0) is 139 Å². The van der Waals surface area contributed by atoms with Gasteiger partial charge in [0.1, 0.15) is 11.2 Å². The lowest BCUT2D eigenvalue weighted by molar-refractivity contribution is 0.669. The first-order valence-corrected chi connectivity index (χ1v) is 22.3. The van der Waals surface area contributed by atoms with E-state index in [9.17, 15) is 0 Å². The molecule has 0 N–H and O–H groups in total. The number of benzene rings is 11. The molecule has 3 nitrogen and oxygen atoms in total. The molecule has 11 aromatic carbocycles. The van der Waals surface area contributed by atoms with Crippen LogP contribution >= 0.6 is 0 Å². The number of anilines is 3. The van der Waals surface area contributed by atoms with Gasteiger partial charge in [-0.25, -0.2) is 0 Å². The van der Waals surface area contributed by atoms with Crippen LogP contribution < -0.4 is 4.90 Å². The predicted octanol–water partition coefficient (Wildman–Crippen LogP) is 17.4. The molecular formula is C62H38N2O. The summed E-state index contributed by atoms with van der Waals surface area (Å²) in [6.07, 6.45) is 0. The maximum Gasteiger partial charge on any atom is 0.135 e. The van der Waals surface area contributed by atoms with Gasteiger partial charge < -0.3 is 13.9 Å². The first-order chi connectivity index (χ1) is 32.2. The molecule has 13 aromatic rings. The maximum absolute atomic E-state index is 6.32. The average Bonchev–Trinajstić information content (AvgIpc) is 4.03. The maximum atomic E-state index is 6.32. The van der Waals surface area contributed by atoms with Crippen LogP contribution in [-0.2, 0) is 0 Å². The highest BCUT2D eigenvalue weighted by Gasteiger charge is 2.25. The van der Waals surface area contributed by atoms with Gasteiger partial charge in [-0.15, -0.1) is 0 Å². The largest absolute Gasteiger partial charge is 0.456 e. The van der Waals surface area contributed by atoms with Crippen molar-refractivity contribution in [3.05, 3.63) is 231 Å². The number of hydrogen-bond acceptors (Lipinski definition) is 2. The highest BCUT2D eigenvalue weighted by atomic mass is 16.3. The summed E-state index contributed by atoms with van der Waals surface area (Å²) < 4.78 is 8.76. The molecule has 0 amide bonds. The lowest BCUT2D eigenvalue weighted by Crippen LogP contribution is -2.10. The molecule has 0 bridgehead atoms. The van der Waals surface area contributed by atoms with Crippen molar-refractivity contribution in [3.63, 3.8) is 0 Å². The second-order valence-electron chi connectivity index (χ2n) is 17.2. The molecule has 1 aliphatic rings. The number of furan rings is 1. The molecule has 0 saturated heterocycles. The minimum Gasteiger partial charge on any atom is -0.456 e. The smallest absolute Gasteiger partial charge is 0.135 e. The van der Waals surface area contributed by atoms with Crippen LogP contribution in [0.5, 0.6) is 0 Å². The van der Waals surface area contributed by atoms with Gasteiger partial charge in [0.2, 0.25) is 0 Å². The summed E-state index contributed by atoms with van der Waals surface area (Å²) in [6.45, 7) is 0. The van der Waals surface area contributed by atoms with Crippen LogP contribution in [0.25, 0.3) is 115 Å². The highest BCUT2D eigenvalue weighted by Crippen LogP contribution is 2.51. The molecule has 3 heteroatoms. The van der Waals surface area contributed by atoms with E-state index in [1.54, 1.807) is 0 Å². The Hall–Kier alpha value is -8.66. The molecule has 0 unspecified atom stereocenters. The van der Waals surface area contributed by atoms with Crippen molar-refractivity contribution in [2.24, 2.45) is 0 Å². The number of para-hydroxylation sites is 2. The van der Waals surface area contributed by atoms with Gasteiger partial charge in [0.15, 0.2) is 0 Å². The van der Waals surface area contributed by atoms with E-state index < -0.39 is 0 Å². The van der Waals surface area contributed by atoms with E-state index in [1.807, 2.05) is 12.1 Å². The molecule has 0 radical (unpaired) electrons. The summed E-state index contributed by atoms with van der Waals surface area (Å²) in [5, 5.41) is 9.82. The number of rotatable bonds is 6. The molecule has 14 rings (SSSR count). The van der Waals surface area contributed by atoms with E-state index >= 15 is 0 Å². The SMILES string of the molecule is c1ccc(-c2cc(-n3c4ccccc4c4c5ccccc5ccc43)ccc2-c2ccc(N(c3cc4c5c(cccc5c3)-c3ccccc3-4)c3ccc4oc5ccccc5c4c3)cc2)cc1. The quantitative estimate of drug-likeness (QED) is 0.167. The molecule has 302 valence electrons. The lowest BCUT2D eigenvalue weighted by atomic mass is 9.93. The second-order valence-corrected chi connectivity index (χ2v) is 17.2. The van der Waals surface area contributed by atoms with E-state index in [0.717, 1.165) is 50.3 Å². The van der Waals surface area contributed by atoms with Gasteiger partial charge in [-0.1, -0.05) is 158 Å². The van der Waals surface area contributed by atoms with Crippen LogP contribution in [-0.4, -0.2) is 4.57 Å². The van der Waals surface area contributed by atoms with Crippen molar-refractivity contribution < 1.29 is 4.42 Å². The summed E-state index contributed by atoms with van der Waals surface area (Å²) in [7, 11) is 0. The second kappa shape index (κ2) is 13.9. The minimum atomic E-state index is 0.882. The van der Waals surface area contributed by atoms with Crippen LogP contribution in [0.4, 0.5) is 17.1 Å². The van der Waals surface area contributed by atoms with Crippen LogP contribution in [0.1, 0.15) is 0 Å². The van der Waals surface area contributed by atoms with Crippen LogP contribution in [0.2, 0.25) is 0 Å². The highest BCUT2D eigenvalue weighted by molar-refractivity contribution is 6.21. The molecule has 0 atom stereocenters. The van der Waals surface area contributed by atoms with Crippen molar-refractivity contribution in [1.29, 1.82) is 0 Å². The van der Waals surface area contributed by atoms with Crippen LogP contribution in [0.3, 0.4) is 0 Å². The van der Waals surface area contributed by atoms with Crippen molar-refractivity contribution in [2.75, 3.05) is 4.90 Å². The molecular weight excluding hydrogens is 789 g/mol. The Morgan fingerprint density at radius 3 is 1.86 bits per heavy atom. The fourth-order valence-corrected chi connectivity index (χ4v) is 10.8. The van der Waals surface area contributed by atoms with Crippen molar-refractivity contribution in [2.45, 2.75) is 0 Å². The topological polar surface area (TPSA) is 21.3 Å². The van der Waals surface area contributed by atoms with E-state index in [1.165, 1.54) is 82.3 Å². The molecule has 1 aliphatic carbocycles. The fraction of sp³-hybridized carbons (Fsp3) is 0. The molecule has 0 spiro atoms. The Kier molecular flexibility index (Phi) is 7.69. The van der Waals surface area contributed by atoms with Gasteiger partial charge in [-0.3, -0.25) is 0 Å². The Morgan fingerprint density at radius 2 is 0.985 bits per heavy atom. The number of fused-ring (bicyclic) bond motifs is 11. The summed E-state index contributed by atoms with van der Waals surface area (Å²) >= 11 is 0. The standard InChI is InChI=1S/C62H38N2O/c1-2-13-39(14-3-1)54-36-45(64-57-23-10-8-21-53(57)62-48-17-5-4-15-40(48)27-33-58(62)64)30-32-47(54)41-25-28-43(29-26-41)63(44-31-34-60-55(37-44)51-20-9-11-24-59(51)65-60)46-35-42-16-12-22-52-49-18-6-7-19-50(49)56(38-46)61(42)52/h1-38H. The zero-order valence-corrected chi connectivity index (χ0v) is 35.2.